The summed E-state index contributed by atoms with van der Waals surface area (Å²) in [5.74, 6) is -0.966. The van der Waals surface area contributed by atoms with Gasteiger partial charge in [0.25, 0.3) is 0 Å². The molecule has 0 aromatic rings. The fourth-order valence-electron chi connectivity index (χ4n) is 1.43. The SMILES string of the molecule is CC(C)OC(=O)CNC1CC(=O)N(C)C1=O. The number of imide groups is 1. The van der Waals surface area contributed by atoms with Crippen molar-refractivity contribution in [2.24, 2.45) is 0 Å². The zero-order valence-corrected chi connectivity index (χ0v) is 9.65. The maximum Gasteiger partial charge on any atom is 0.320 e. The van der Waals surface area contributed by atoms with Crippen LogP contribution in [0, 0.1) is 0 Å². The van der Waals surface area contributed by atoms with Gasteiger partial charge >= 0.3 is 5.97 Å². The molecule has 0 bridgehead atoms. The minimum absolute atomic E-state index is 0.0598. The predicted octanol–water partition coefficient (Wildman–Crippen LogP) is -0.715. The molecule has 1 saturated heterocycles. The van der Waals surface area contributed by atoms with Crippen molar-refractivity contribution in [3.05, 3.63) is 0 Å². The minimum Gasteiger partial charge on any atom is -0.462 e. The Labute approximate surface area is 93.9 Å². The molecule has 2 amide bonds. The molecule has 1 fully saturated rings. The molecule has 1 atom stereocenters. The lowest BCUT2D eigenvalue weighted by Gasteiger charge is -2.12. The van der Waals surface area contributed by atoms with Gasteiger partial charge in [-0.15, -0.1) is 0 Å². The van der Waals surface area contributed by atoms with Gasteiger partial charge in [0, 0.05) is 7.05 Å². The highest BCUT2D eigenvalue weighted by atomic mass is 16.5. The lowest BCUT2D eigenvalue weighted by atomic mass is 10.2. The molecule has 16 heavy (non-hydrogen) atoms. The molecule has 90 valence electrons. The van der Waals surface area contributed by atoms with Crippen molar-refractivity contribution < 1.29 is 19.1 Å². The van der Waals surface area contributed by atoms with Gasteiger partial charge in [0.2, 0.25) is 11.8 Å². The van der Waals surface area contributed by atoms with E-state index in [1.807, 2.05) is 0 Å². The fourth-order valence-corrected chi connectivity index (χ4v) is 1.43. The molecule has 0 aliphatic carbocycles. The number of amides is 2. The fraction of sp³-hybridized carbons (Fsp3) is 0.700. The first-order valence-electron chi connectivity index (χ1n) is 5.15. The molecule has 0 radical (unpaired) electrons. The van der Waals surface area contributed by atoms with Crippen molar-refractivity contribution in [1.29, 1.82) is 0 Å². The molecule has 1 rings (SSSR count). The Balaban J connectivity index is 2.37. The van der Waals surface area contributed by atoms with Gasteiger partial charge in [0.1, 0.15) is 0 Å². The average molecular weight is 228 g/mol. The van der Waals surface area contributed by atoms with E-state index in [9.17, 15) is 14.4 Å². The van der Waals surface area contributed by atoms with E-state index >= 15 is 0 Å². The molecule has 1 heterocycles. The van der Waals surface area contributed by atoms with Crippen LogP contribution >= 0.6 is 0 Å². The molecule has 1 unspecified atom stereocenters. The van der Waals surface area contributed by atoms with Gasteiger partial charge in [0.05, 0.1) is 25.1 Å². The first-order chi connectivity index (χ1) is 7.41. The molecule has 1 aliphatic rings. The maximum absolute atomic E-state index is 11.4. The van der Waals surface area contributed by atoms with Gasteiger partial charge in [-0.1, -0.05) is 0 Å². The van der Waals surface area contributed by atoms with Gasteiger partial charge in [-0.05, 0) is 13.8 Å². The van der Waals surface area contributed by atoms with Crippen LogP contribution in [0.25, 0.3) is 0 Å². The first-order valence-corrected chi connectivity index (χ1v) is 5.15. The van der Waals surface area contributed by atoms with E-state index in [1.54, 1.807) is 13.8 Å². The number of likely N-dealkylation sites (tertiary alicyclic amines) is 1. The van der Waals surface area contributed by atoms with E-state index in [0.29, 0.717) is 0 Å². The third-order valence-electron chi connectivity index (χ3n) is 2.24. The number of rotatable bonds is 4. The lowest BCUT2D eigenvalue weighted by molar-refractivity contribution is -0.146. The van der Waals surface area contributed by atoms with Crippen LogP contribution in [0.15, 0.2) is 0 Å². The molecule has 6 heteroatoms. The quantitative estimate of drug-likeness (QED) is 0.508. The van der Waals surface area contributed by atoms with Crippen LogP contribution in [0.5, 0.6) is 0 Å². The highest BCUT2D eigenvalue weighted by molar-refractivity contribution is 6.05. The number of hydrogen-bond acceptors (Lipinski definition) is 5. The van der Waals surface area contributed by atoms with Crippen LogP contribution in [-0.4, -0.2) is 48.4 Å². The van der Waals surface area contributed by atoms with E-state index in [0.717, 1.165) is 4.90 Å². The molecule has 0 aromatic heterocycles. The number of carbonyl (C=O) groups is 3. The number of ether oxygens (including phenoxy) is 1. The highest BCUT2D eigenvalue weighted by Gasteiger charge is 2.35. The van der Waals surface area contributed by atoms with E-state index in [1.165, 1.54) is 7.05 Å². The van der Waals surface area contributed by atoms with E-state index in [-0.39, 0.29) is 30.9 Å². The van der Waals surface area contributed by atoms with Crippen LogP contribution in [0.1, 0.15) is 20.3 Å². The number of likely N-dealkylation sites (N-methyl/N-ethyl adjacent to an activating group) is 1. The molecule has 0 saturated carbocycles. The van der Waals surface area contributed by atoms with Crippen molar-refractivity contribution in [1.82, 2.24) is 10.2 Å². The van der Waals surface area contributed by atoms with E-state index in [4.69, 9.17) is 4.74 Å². The Morgan fingerprint density at radius 2 is 2.19 bits per heavy atom. The second-order valence-corrected chi connectivity index (χ2v) is 3.97. The van der Waals surface area contributed by atoms with E-state index in [2.05, 4.69) is 5.32 Å². The zero-order chi connectivity index (χ0) is 12.3. The number of esters is 1. The largest absolute Gasteiger partial charge is 0.462 e. The number of hydrogen-bond donors (Lipinski definition) is 1. The van der Waals surface area contributed by atoms with Gasteiger partial charge in [0.15, 0.2) is 0 Å². The Bertz CT molecular complexity index is 314. The summed E-state index contributed by atoms with van der Waals surface area (Å²) in [6, 6.07) is -0.600. The monoisotopic (exact) mass is 228 g/mol. The standard InChI is InChI=1S/C10H16N2O4/c1-6(2)16-9(14)5-11-7-4-8(13)12(3)10(7)15/h6-7,11H,4-5H2,1-3H3. The summed E-state index contributed by atoms with van der Waals surface area (Å²) in [4.78, 5) is 34.9. The number of carbonyl (C=O) groups excluding carboxylic acids is 3. The molecule has 0 spiro atoms. The molecular formula is C10H16N2O4. The van der Waals surface area contributed by atoms with Crippen LogP contribution in [-0.2, 0) is 19.1 Å². The van der Waals surface area contributed by atoms with Gasteiger partial charge < -0.3 is 4.74 Å². The van der Waals surface area contributed by atoms with Crippen molar-refractivity contribution in [2.45, 2.75) is 32.4 Å². The topological polar surface area (TPSA) is 75.7 Å². The van der Waals surface area contributed by atoms with Crippen molar-refractivity contribution in [3.63, 3.8) is 0 Å². The zero-order valence-electron chi connectivity index (χ0n) is 9.65. The second kappa shape index (κ2) is 5.07. The Morgan fingerprint density at radius 3 is 2.62 bits per heavy atom. The molecule has 1 aliphatic heterocycles. The third-order valence-corrected chi connectivity index (χ3v) is 2.24. The summed E-state index contributed by atoms with van der Waals surface area (Å²) >= 11 is 0. The normalized spacial score (nSPS) is 20.8. The summed E-state index contributed by atoms with van der Waals surface area (Å²) in [6.07, 6.45) is -0.0810. The first kappa shape index (κ1) is 12.6. The Morgan fingerprint density at radius 1 is 1.56 bits per heavy atom. The summed E-state index contributed by atoms with van der Waals surface area (Å²) in [6.45, 7) is 3.43. The van der Waals surface area contributed by atoms with Crippen LogP contribution in [0.4, 0.5) is 0 Å². The molecular weight excluding hydrogens is 212 g/mol. The molecule has 0 aromatic carbocycles. The Hall–Kier alpha value is -1.43. The van der Waals surface area contributed by atoms with Crippen LogP contribution in [0.2, 0.25) is 0 Å². The third kappa shape index (κ3) is 3.03. The number of nitrogens with zero attached hydrogens (tertiary/aromatic N) is 1. The highest BCUT2D eigenvalue weighted by Crippen LogP contribution is 2.09. The molecule has 6 nitrogen and oxygen atoms in total. The summed E-state index contributed by atoms with van der Waals surface area (Å²) in [7, 11) is 1.43. The van der Waals surface area contributed by atoms with Crippen molar-refractivity contribution in [3.8, 4) is 0 Å². The van der Waals surface area contributed by atoms with Gasteiger partial charge in [-0.3, -0.25) is 24.6 Å². The summed E-state index contributed by atoms with van der Waals surface area (Å²) in [5, 5.41) is 2.71. The Kier molecular flexibility index (Phi) is 4.00. The average Bonchev–Trinajstić information content (AvgIpc) is 2.42. The van der Waals surface area contributed by atoms with Gasteiger partial charge in [-0.2, -0.15) is 0 Å². The van der Waals surface area contributed by atoms with Gasteiger partial charge in [-0.25, -0.2) is 0 Å². The molecule has 1 N–H and O–H groups in total. The van der Waals surface area contributed by atoms with Crippen molar-refractivity contribution >= 4 is 17.8 Å². The minimum atomic E-state index is -0.600. The maximum atomic E-state index is 11.4. The summed E-state index contributed by atoms with van der Waals surface area (Å²) < 4.78 is 4.89. The van der Waals surface area contributed by atoms with E-state index < -0.39 is 12.0 Å². The predicted molar refractivity (Wildman–Crippen MR) is 55.4 cm³/mol. The smallest absolute Gasteiger partial charge is 0.320 e. The van der Waals surface area contributed by atoms with Crippen LogP contribution in [0.3, 0.4) is 0 Å². The van der Waals surface area contributed by atoms with Crippen molar-refractivity contribution in [2.75, 3.05) is 13.6 Å². The second-order valence-electron chi connectivity index (χ2n) is 3.97. The number of nitrogens with one attached hydrogen (secondary N) is 1. The van der Waals surface area contributed by atoms with Crippen LogP contribution < -0.4 is 5.32 Å². The lowest BCUT2D eigenvalue weighted by Crippen LogP contribution is -2.40. The summed E-state index contributed by atoms with van der Waals surface area (Å²) in [5.41, 5.74) is 0.